The molecule has 0 aliphatic rings. The minimum atomic E-state index is 0.167. The van der Waals surface area contributed by atoms with Crippen LogP contribution in [0.4, 0.5) is 17.6 Å². The fraction of sp³-hybridized carbons (Fsp3) is 0.130. The van der Waals surface area contributed by atoms with Crippen molar-refractivity contribution < 1.29 is 4.74 Å². The van der Waals surface area contributed by atoms with Gasteiger partial charge in [0.25, 0.3) is 0 Å². The smallest absolute Gasteiger partial charge is 0.328 e. The molecule has 7 nitrogen and oxygen atoms in total. The number of nitriles is 1. The highest BCUT2D eigenvalue weighted by atomic mass is 79.9. The van der Waals surface area contributed by atoms with E-state index in [0.717, 1.165) is 33.9 Å². The molecule has 0 saturated carbocycles. The van der Waals surface area contributed by atoms with Gasteiger partial charge in [-0.2, -0.15) is 20.2 Å². The van der Waals surface area contributed by atoms with Crippen LogP contribution in [0, 0.1) is 11.3 Å². The first-order valence-corrected chi connectivity index (χ1v) is 10.6. The van der Waals surface area contributed by atoms with Crippen molar-refractivity contribution in [1.82, 2.24) is 15.0 Å². The van der Waals surface area contributed by atoms with Crippen LogP contribution in [0.5, 0.6) is 11.8 Å². The summed E-state index contributed by atoms with van der Waals surface area (Å²) in [7, 11) is 0. The molecule has 0 amide bonds. The molecule has 0 fully saturated rings. The molecule has 0 radical (unpaired) electrons. The maximum Gasteiger partial charge on any atom is 0.328 e. The van der Waals surface area contributed by atoms with Gasteiger partial charge in [-0.3, -0.25) is 0 Å². The quantitative estimate of drug-likeness (QED) is 0.338. The lowest BCUT2D eigenvalue weighted by molar-refractivity contribution is 0.439. The number of aromatic nitrogens is 3. The normalized spacial score (nSPS) is 10.5. The van der Waals surface area contributed by atoms with Crippen molar-refractivity contribution in [3.63, 3.8) is 0 Å². The fourth-order valence-electron chi connectivity index (χ4n) is 2.92. The first kappa shape index (κ1) is 20.6. The number of halogens is 1. The number of hydrogen-bond acceptors (Lipinski definition) is 7. The largest absolute Gasteiger partial charge is 0.423 e. The summed E-state index contributed by atoms with van der Waals surface area (Å²) in [6.45, 7) is 2.78. The van der Waals surface area contributed by atoms with Gasteiger partial charge in [-0.05, 0) is 63.5 Å². The number of fused-ring (bicyclic) bond motifs is 1. The first-order valence-electron chi connectivity index (χ1n) is 9.78. The lowest BCUT2D eigenvalue weighted by atomic mass is 10.1. The number of nitrogens with one attached hydrogen (secondary N) is 2. The average Bonchev–Trinajstić information content (AvgIpc) is 2.80. The minimum Gasteiger partial charge on any atom is -0.423 e. The molecule has 1 aromatic heterocycles. The Kier molecular flexibility index (Phi) is 6.24. The van der Waals surface area contributed by atoms with Gasteiger partial charge in [0.2, 0.25) is 11.9 Å². The molecule has 0 unspecified atom stereocenters. The molecule has 1 heterocycles. The van der Waals surface area contributed by atoms with Crippen LogP contribution < -0.4 is 15.4 Å². The van der Waals surface area contributed by atoms with Gasteiger partial charge in [0.05, 0.1) is 16.1 Å². The van der Waals surface area contributed by atoms with Crippen molar-refractivity contribution in [3.8, 4) is 17.8 Å². The van der Waals surface area contributed by atoms with Crippen molar-refractivity contribution in [2.75, 3.05) is 17.2 Å². The van der Waals surface area contributed by atoms with E-state index >= 15 is 0 Å². The monoisotopic (exact) mass is 474 g/mol. The van der Waals surface area contributed by atoms with Crippen LogP contribution in [0.3, 0.4) is 0 Å². The van der Waals surface area contributed by atoms with Gasteiger partial charge in [0, 0.05) is 12.2 Å². The summed E-state index contributed by atoms with van der Waals surface area (Å²) in [5.41, 5.74) is 1.33. The van der Waals surface area contributed by atoms with Crippen LogP contribution in [-0.2, 0) is 0 Å². The Bertz CT molecular complexity index is 1250. The molecule has 2 N–H and O–H groups in total. The van der Waals surface area contributed by atoms with E-state index in [-0.39, 0.29) is 6.01 Å². The third kappa shape index (κ3) is 4.90. The summed E-state index contributed by atoms with van der Waals surface area (Å²) in [6.07, 6.45) is 0.927. The zero-order valence-corrected chi connectivity index (χ0v) is 18.3. The number of ether oxygens (including phenoxy) is 1. The summed E-state index contributed by atoms with van der Waals surface area (Å²) in [5.74, 6) is 1.36. The molecule has 154 valence electrons. The fourth-order valence-corrected chi connectivity index (χ4v) is 3.50. The van der Waals surface area contributed by atoms with Gasteiger partial charge in [-0.15, -0.1) is 0 Å². The molecule has 31 heavy (non-hydrogen) atoms. The third-order valence-electron chi connectivity index (χ3n) is 4.45. The molecular weight excluding hydrogens is 456 g/mol. The van der Waals surface area contributed by atoms with Crippen molar-refractivity contribution in [2.45, 2.75) is 13.3 Å². The minimum absolute atomic E-state index is 0.167. The highest BCUT2D eigenvalue weighted by Gasteiger charge is 2.12. The number of nitrogens with zero attached hydrogens (tertiary/aromatic N) is 4. The Morgan fingerprint density at radius 3 is 2.52 bits per heavy atom. The van der Waals surface area contributed by atoms with Crippen LogP contribution >= 0.6 is 15.9 Å². The second kappa shape index (κ2) is 9.41. The van der Waals surface area contributed by atoms with Gasteiger partial charge in [0.1, 0.15) is 5.75 Å². The zero-order valence-electron chi connectivity index (χ0n) is 16.8. The molecule has 4 aromatic rings. The van der Waals surface area contributed by atoms with Gasteiger partial charge >= 0.3 is 6.01 Å². The molecule has 4 rings (SSSR count). The summed E-state index contributed by atoms with van der Waals surface area (Å²) in [5, 5.41) is 17.4. The van der Waals surface area contributed by atoms with Crippen molar-refractivity contribution in [2.24, 2.45) is 0 Å². The van der Waals surface area contributed by atoms with E-state index in [1.807, 2.05) is 36.4 Å². The molecular formula is C23H19BrN6O. The summed E-state index contributed by atoms with van der Waals surface area (Å²) < 4.78 is 6.85. The van der Waals surface area contributed by atoms with E-state index < -0.39 is 0 Å². The Hall–Kier alpha value is -3.70. The van der Waals surface area contributed by atoms with Crippen molar-refractivity contribution >= 4 is 44.3 Å². The third-order valence-corrected chi connectivity index (χ3v) is 5.27. The van der Waals surface area contributed by atoms with Crippen molar-refractivity contribution in [1.29, 1.82) is 5.26 Å². The van der Waals surface area contributed by atoms with Gasteiger partial charge in [-0.25, -0.2) is 0 Å². The lowest BCUT2D eigenvalue weighted by Crippen LogP contribution is -2.09. The van der Waals surface area contributed by atoms with Crippen LogP contribution in [0.15, 0.2) is 65.1 Å². The van der Waals surface area contributed by atoms with E-state index in [2.05, 4.69) is 54.5 Å². The highest BCUT2D eigenvalue weighted by molar-refractivity contribution is 9.10. The Balaban J connectivity index is 1.65. The molecule has 0 spiro atoms. The van der Waals surface area contributed by atoms with E-state index in [4.69, 9.17) is 10.00 Å². The number of rotatable bonds is 7. The molecule has 0 aliphatic heterocycles. The van der Waals surface area contributed by atoms with Gasteiger partial charge in [-0.1, -0.05) is 37.3 Å². The van der Waals surface area contributed by atoms with Gasteiger partial charge < -0.3 is 15.4 Å². The standard InChI is InChI=1S/C23H19BrN6O/c1-2-13-26-21-28-22(27-17-10-7-15(14-25)8-11-17)30-23(29-21)31-19-12-9-16-5-3-4-6-18(16)20(19)24/h3-12H,2,13H2,1H3,(H2,26,27,28,29,30). The molecule has 0 atom stereocenters. The van der Waals surface area contributed by atoms with Gasteiger partial charge in [0.15, 0.2) is 0 Å². The SMILES string of the molecule is CCCNc1nc(Nc2ccc(C#N)cc2)nc(Oc2ccc3ccccc3c2Br)n1. The topological polar surface area (TPSA) is 95.8 Å². The average molecular weight is 475 g/mol. The second-order valence-electron chi connectivity index (χ2n) is 6.71. The number of benzene rings is 3. The predicted molar refractivity (Wildman–Crippen MR) is 125 cm³/mol. The van der Waals surface area contributed by atoms with E-state index in [1.54, 1.807) is 24.3 Å². The second-order valence-corrected chi connectivity index (χ2v) is 7.50. The van der Waals surface area contributed by atoms with Crippen LogP contribution in [0.25, 0.3) is 10.8 Å². The van der Waals surface area contributed by atoms with Crippen LogP contribution in [0.2, 0.25) is 0 Å². The Labute approximate surface area is 188 Å². The molecule has 0 bridgehead atoms. The maximum absolute atomic E-state index is 8.97. The number of anilines is 3. The lowest BCUT2D eigenvalue weighted by Gasteiger charge is -2.12. The maximum atomic E-state index is 8.97. The summed E-state index contributed by atoms with van der Waals surface area (Å²) in [6, 6.07) is 21.2. The predicted octanol–water partition coefficient (Wildman–Crippen LogP) is 6.02. The summed E-state index contributed by atoms with van der Waals surface area (Å²) in [4.78, 5) is 13.2. The van der Waals surface area contributed by atoms with Crippen LogP contribution in [0.1, 0.15) is 18.9 Å². The highest BCUT2D eigenvalue weighted by Crippen LogP contribution is 2.35. The Morgan fingerprint density at radius 2 is 1.74 bits per heavy atom. The Morgan fingerprint density at radius 1 is 0.968 bits per heavy atom. The molecule has 8 heteroatoms. The van der Waals surface area contributed by atoms with Crippen molar-refractivity contribution in [3.05, 3.63) is 70.7 Å². The molecule has 0 aliphatic carbocycles. The molecule has 3 aromatic carbocycles. The van der Waals surface area contributed by atoms with E-state index in [0.29, 0.717) is 23.2 Å². The van der Waals surface area contributed by atoms with E-state index in [9.17, 15) is 0 Å². The summed E-state index contributed by atoms with van der Waals surface area (Å²) >= 11 is 3.63. The molecule has 0 saturated heterocycles. The first-order chi connectivity index (χ1) is 15.2. The zero-order chi connectivity index (χ0) is 21.6. The van der Waals surface area contributed by atoms with Crippen LogP contribution in [-0.4, -0.2) is 21.5 Å². The van der Waals surface area contributed by atoms with E-state index in [1.165, 1.54) is 0 Å². The number of hydrogen-bond donors (Lipinski definition) is 2.